The third kappa shape index (κ3) is 2.86. The minimum atomic E-state index is -0.249. The molecule has 3 atom stereocenters. The number of piperazine rings is 1. The second-order valence-electron chi connectivity index (χ2n) is 5.14. The van der Waals surface area contributed by atoms with Gasteiger partial charge in [-0.25, -0.2) is 0 Å². The quantitative estimate of drug-likeness (QED) is 0.801. The summed E-state index contributed by atoms with van der Waals surface area (Å²) in [4.78, 5) is 26.0. The average molecular weight is 238 g/mol. The zero-order chi connectivity index (χ0) is 12.3. The van der Waals surface area contributed by atoms with Gasteiger partial charge in [-0.3, -0.25) is 14.5 Å². The number of carbonyl (C=O) groups excluding carboxylic acids is 2. The third-order valence-corrected chi connectivity index (χ3v) is 3.82. The van der Waals surface area contributed by atoms with Gasteiger partial charge in [0.05, 0.1) is 6.04 Å². The Kier molecular flexibility index (Phi) is 4.15. The van der Waals surface area contributed by atoms with Crippen molar-refractivity contribution in [3.05, 3.63) is 0 Å². The summed E-state index contributed by atoms with van der Waals surface area (Å²) < 4.78 is 0. The number of fused-ring (bicyclic) bond motifs is 2. The standard InChI is InChI=1S/C13H22N2O2/c1-2-3-6-11-13(17)14-10-9-15(11)8-5-4-7-12(10)16/h10-11H,2-9H2,1H3,(H,14,17)/t10-,11-/m1/s1. The maximum absolute atomic E-state index is 12.0. The van der Waals surface area contributed by atoms with Crippen molar-refractivity contribution in [1.29, 1.82) is 0 Å². The van der Waals surface area contributed by atoms with Crippen molar-refractivity contribution in [2.75, 3.05) is 13.1 Å². The van der Waals surface area contributed by atoms with Gasteiger partial charge in [-0.2, -0.15) is 0 Å². The van der Waals surface area contributed by atoms with Crippen molar-refractivity contribution in [2.45, 2.75) is 57.5 Å². The van der Waals surface area contributed by atoms with E-state index in [0.29, 0.717) is 6.42 Å². The Balaban J connectivity index is 2.05. The van der Waals surface area contributed by atoms with Gasteiger partial charge < -0.3 is 5.32 Å². The fourth-order valence-corrected chi connectivity index (χ4v) is 2.77. The monoisotopic (exact) mass is 238 g/mol. The van der Waals surface area contributed by atoms with E-state index in [0.717, 1.165) is 45.2 Å². The number of ketones is 1. The Hall–Kier alpha value is -0.900. The summed E-state index contributed by atoms with van der Waals surface area (Å²) in [5.41, 5.74) is 0. The Bertz CT molecular complexity index is 304. The van der Waals surface area contributed by atoms with Crippen molar-refractivity contribution in [3.63, 3.8) is 0 Å². The van der Waals surface area contributed by atoms with Crippen LogP contribution in [0, 0.1) is 0 Å². The van der Waals surface area contributed by atoms with E-state index >= 15 is 0 Å². The molecule has 1 unspecified atom stereocenters. The lowest BCUT2D eigenvalue weighted by Crippen LogP contribution is -2.62. The first-order chi connectivity index (χ1) is 8.22. The van der Waals surface area contributed by atoms with Crippen LogP contribution in [0.5, 0.6) is 0 Å². The van der Waals surface area contributed by atoms with Crippen LogP contribution >= 0.6 is 0 Å². The van der Waals surface area contributed by atoms with Crippen molar-refractivity contribution in [2.24, 2.45) is 0 Å². The van der Waals surface area contributed by atoms with Crippen molar-refractivity contribution >= 4 is 11.7 Å². The van der Waals surface area contributed by atoms with Crippen molar-refractivity contribution < 1.29 is 9.59 Å². The Morgan fingerprint density at radius 1 is 1.35 bits per heavy atom. The largest absolute Gasteiger partial charge is 0.344 e. The number of carbonyl (C=O) groups is 2. The van der Waals surface area contributed by atoms with Crippen LogP contribution < -0.4 is 5.32 Å². The van der Waals surface area contributed by atoms with Crippen LogP contribution in [0.15, 0.2) is 0 Å². The lowest BCUT2D eigenvalue weighted by Gasteiger charge is -2.40. The van der Waals surface area contributed by atoms with E-state index in [1.807, 2.05) is 0 Å². The molecule has 2 rings (SSSR count). The average Bonchev–Trinajstić information content (AvgIpc) is 2.31. The molecule has 0 saturated carbocycles. The highest BCUT2D eigenvalue weighted by Crippen LogP contribution is 2.19. The van der Waals surface area contributed by atoms with Crippen LogP contribution in [-0.4, -0.2) is 41.8 Å². The minimum absolute atomic E-state index is 0.00269. The van der Waals surface area contributed by atoms with E-state index in [2.05, 4.69) is 17.1 Å². The summed E-state index contributed by atoms with van der Waals surface area (Å²) in [5.74, 6) is 0.266. The SMILES string of the molecule is CCCC[C@@H]1C(=O)N[C@@H]2CN1CCCCC2=O. The van der Waals surface area contributed by atoms with Crippen LogP contribution in [0.4, 0.5) is 0 Å². The summed E-state index contributed by atoms with van der Waals surface area (Å²) in [6.07, 6.45) is 5.73. The molecule has 2 aliphatic rings. The minimum Gasteiger partial charge on any atom is -0.344 e. The number of hydrogen-bond acceptors (Lipinski definition) is 3. The fourth-order valence-electron chi connectivity index (χ4n) is 2.77. The molecule has 2 fully saturated rings. The highest BCUT2D eigenvalue weighted by Gasteiger charge is 2.37. The first kappa shape index (κ1) is 12.6. The summed E-state index contributed by atoms with van der Waals surface area (Å²) in [5, 5.41) is 2.89. The van der Waals surface area contributed by atoms with Gasteiger partial charge in [0.25, 0.3) is 0 Å². The van der Waals surface area contributed by atoms with Gasteiger partial charge in [-0.1, -0.05) is 19.8 Å². The summed E-state index contributed by atoms with van der Waals surface area (Å²) >= 11 is 0. The number of rotatable bonds is 3. The molecule has 1 N–H and O–H groups in total. The molecule has 1 amide bonds. The van der Waals surface area contributed by atoms with Crippen LogP contribution in [0.2, 0.25) is 0 Å². The summed E-state index contributed by atoms with van der Waals surface area (Å²) in [7, 11) is 0. The lowest BCUT2D eigenvalue weighted by molar-refractivity contribution is -0.137. The van der Waals surface area contributed by atoms with Crippen LogP contribution in [0.3, 0.4) is 0 Å². The van der Waals surface area contributed by atoms with Gasteiger partial charge in [0.1, 0.15) is 6.04 Å². The lowest BCUT2D eigenvalue weighted by atomic mass is 9.96. The van der Waals surface area contributed by atoms with E-state index in [9.17, 15) is 9.59 Å². The Morgan fingerprint density at radius 2 is 2.18 bits per heavy atom. The zero-order valence-electron chi connectivity index (χ0n) is 10.6. The molecule has 0 spiro atoms. The molecule has 0 aromatic heterocycles. The highest BCUT2D eigenvalue weighted by molar-refractivity contribution is 5.92. The van der Waals surface area contributed by atoms with Crippen LogP contribution in [0.1, 0.15) is 45.4 Å². The van der Waals surface area contributed by atoms with Crippen molar-refractivity contribution in [3.8, 4) is 0 Å². The van der Waals surface area contributed by atoms with Gasteiger partial charge in [0, 0.05) is 13.0 Å². The number of amides is 1. The second kappa shape index (κ2) is 5.63. The van der Waals surface area contributed by atoms with E-state index < -0.39 is 0 Å². The summed E-state index contributed by atoms with van der Waals surface area (Å²) in [6, 6.07) is -0.252. The molecule has 2 bridgehead atoms. The predicted molar refractivity (Wildman–Crippen MR) is 65.7 cm³/mol. The molecule has 4 heteroatoms. The number of nitrogens with zero attached hydrogens (tertiary/aromatic N) is 1. The molecule has 0 aromatic carbocycles. The molecule has 4 nitrogen and oxygen atoms in total. The van der Waals surface area contributed by atoms with Gasteiger partial charge in [-0.05, 0) is 25.8 Å². The maximum Gasteiger partial charge on any atom is 0.237 e. The van der Waals surface area contributed by atoms with E-state index in [4.69, 9.17) is 0 Å². The number of hydrogen-bond donors (Lipinski definition) is 1. The number of nitrogens with one attached hydrogen (secondary N) is 1. The topological polar surface area (TPSA) is 49.4 Å². The molecule has 2 heterocycles. The molecule has 0 aromatic rings. The Morgan fingerprint density at radius 3 is 2.94 bits per heavy atom. The second-order valence-corrected chi connectivity index (χ2v) is 5.14. The van der Waals surface area contributed by atoms with Crippen molar-refractivity contribution in [1.82, 2.24) is 10.2 Å². The van der Waals surface area contributed by atoms with Gasteiger partial charge >= 0.3 is 0 Å². The maximum atomic E-state index is 12.0. The summed E-state index contributed by atoms with van der Waals surface area (Å²) in [6.45, 7) is 3.82. The van der Waals surface area contributed by atoms with E-state index in [1.165, 1.54) is 0 Å². The molecule has 96 valence electrons. The first-order valence-electron chi connectivity index (χ1n) is 6.79. The van der Waals surface area contributed by atoms with E-state index in [-0.39, 0.29) is 23.8 Å². The van der Waals surface area contributed by atoms with Crippen LogP contribution in [-0.2, 0) is 9.59 Å². The molecule has 2 aliphatic heterocycles. The Labute approximate surface area is 103 Å². The highest BCUT2D eigenvalue weighted by atomic mass is 16.2. The van der Waals surface area contributed by atoms with Gasteiger partial charge in [0.15, 0.2) is 5.78 Å². The molecular formula is C13H22N2O2. The molecule has 2 saturated heterocycles. The molecule has 17 heavy (non-hydrogen) atoms. The number of unbranched alkanes of at least 4 members (excludes halogenated alkanes) is 1. The third-order valence-electron chi connectivity index (χ3n) is 3.82. The first-order valence-corrected chi connectivity index (χ1v) is 6.79. The predicted octanol–water partition coefficient (Wildman–Crippen LogP) is 1.10. The zero-order valence-corrected chi connectivity index (χ0v) is 10.6. The van der Waals surface area contributed by atoms with Crippen LogP contribution in [0.25, 0.3) is 0 Å². The molecular weight excluding hydrogens is 216 g/mol. The number of Topliss-reactive ketones (excluding diaryl/α,β-unsaturated/α-hetero) is 1. The molecule has 0 aliphatic carbocycles. The smallest absolute Gasteiger partial charge is 0.237 e. The molecule has 0 radical (unpaired) electrons. The normalized spacial score (nSPS) is 33.8. The van der Waals surface area contributed by atoms with Gasteiger partial charge in [-0.15, -0.1) is 0 Å². The van der Waals surface area contributed by atoms with Gasteiger partial charge in [0.2, 0.25) is 5.91 Å². The van der Waals surface area contributed by atoms with E-state index in [1.54, 1.807) is 0 Å². The fraction of sp³-hybridized carbons (Fsp3) is 0.846.